The zero-order valence-corrected chi connectivity index (χ0v) is 22.4. The molecule has 0 saturated heterocycles. The van der Waals surface area contributed by atoms with Crippen LogP contribution in [0.4, 0.5) is 0 Å². The average Bonchev–Trinajstić information content (AvgIpc) is 3.40. The maximum Gasteiger partial charge on any atom is 0.0316 e. The van der Waals surface area contributed by atoms with Gasteiger partial charge in [0.1, 0.15) is 0 Å². The number of fused-ring (bicyclic) bond motifs is 4. The standard InChI is InChI=1S/C36H36/c1-22(2)31-21-32-28(25-16-18-27(19-17-25)36(4,5)6)12-9-13-30(32)35(31)33-23(3)20-26-15-14-24-10-7-8-11-29(24)34(26)33/h7-19,21-22,35H,20H2,1-6H3. The molecular formula is C36H36. The van der Waals surface area contributed by atoms with Crippen LogP contribution in [0.25, 0.3) is 33.5 Å². The minimum atomic E-state index is 0.162. The number of hydrogen-bond donors (Lipinski definition) is 0. The normalized spacial score (nSPS) is 17.1. The molecule has 0 spiro atoms. The molecule has 0 heterocycles. The predicted molar refractivity (Wildman–Crippen MR) is 156 cm³/mol. The molecule has 0 N–H and O–H groups in total. The van der Waals surface area contributed by atoms with Crippen molar-refractivity contribution >= 4 is 22.4 Å². The highest BCUT2D eigenvalue weighted by Gasteiger charge is 2.36. The maximum atomic E-state index is 2.51. The summed E-state index contributed by atoms with van der Waals surface area (Å²) in [4.78, 5) is 0. The fourth-order valence-corrected chi connectivity index (χ4v) is 6.42. The SMILES string of the molecule is CC1=C(C2C(C(C)C)=Cc3c(-c4ccc(C(C)(C)C)cc4)cccc32)c2c(ccc3ccccc23)C1. The van der Waals surface area contributed by atoms with Gasteiger partial charge < -0.3 is 0 Å². The Kier molecular flexibility index (Phi) is 5.34. The van der Waals surface area contributed by atoms with E-state index in [1.165, 1.54) is 55.3 Å². The van der Waals surface area contributed by atoms with E-state index < -0.39 is 0 Å². The van der Waals surface area contributed by atoms with Gasteiger partial charge in [-0.3, -0.25) is 0 Å². The van der Waals surface area contributed by atoms with Crippen LogP contribution in [0.1, 0.15) is 75.3 Å². The molecule has 0 aliphatic heterocycles. The number of hydrogen-bond acceptors (Lipinski definition) is 0. The highest BCUT2D eigenvalue weighted by molar-refractivity contribution is 6.01. The zero-order valence-electron chi connectivity index (χ0n) is 22.4. The quantitative estimate of drug-likeness (QED) is 0.280. The lowest BCUT2D eigenvalue weighted by Gasteiger charge is -2.24. The van der Waals surface area contributed by atoms with Crippen molar-refractivity contribution in [3.63, 3.8) is 0 Å². The number of benzene rings is 4. The van der Waals surface area contributed by atoms with E-state index in [1.54, 1.807) is 11.1 Å². The second kappa shape index (κ2) is 8.34. The van der Waals surface area contributed by atoms with Crippen LogP contribution in [0.3, 0.4) is 0 Å². The van der Waals surface area contributed by atoms with Gasteiger partial charge in [0, 0.05) is 5.92 Å². The lowest BCUT2D eigenvalue weighted by molar-refractivity contribution is 0.590. The van der Waals surface area contributed by atoms with Crippen molar-refractivity contribution in [3.8, 4) is 11.1 Å². The summed E-state index contributed by atoms with van der Waals surface area (Å²) in [5.41, 5.74) is 14.6. The molecule has 0 radical (unpaired) electrons. The van der Waals surface area contributed by atoms with Gasteiger partial charge in [-0.1, -0.05) is 131 Å². The molecule has 1 unspecified atom stereocenters. The topological polar surface area (TPSA) is 0 Å². The molecular weight excluding hydrogens is 432 g/mol. The molecule has 1 atom stereocenters. The first-order valence-electron chi connectivity index (χ1n) is 13.4. The number of allylic oxidation sites excluding steroid dienone is 3. The first-order valence-corrected chi connectivity index (χ1v) is 13.4. The molecule has 2 aliphatic carbocycles. The van der Waals surface area contributed by atoms with Crippen molar-refractivity contribution in [1.82, 2.24) is 0 Å². The largest absolute Gasteiger partial charge is 0.0641 e. The molecule has 0 bridgehead atoms. The Hall–Kier alpha value is -3.38. The molecule has 0 nitrogen and oxygen atoms in total. The van der Waals surface area contributed by atoms with Gasteiger partial charge in [0.05, 0.1) is 0 Å². The Bertz CT molecular complexity index is 1550. The van der Waals surface area contributed by atoms with E-state index in [-0.39, 0.29) is 5.41 Å². The Labute approximate surface area is 216 Å². The fourth-order valence-electron chi connectivity index (χ4n) is 6.42. The monoisotopic (exact) mass is 468 g/mol. The highest BCUT2D eigenvalue weighted by atomic mass is 14.4. The summed E-state index contributed by atoms with van der Waals surface area (Å²) in [6.45, 7) is 13.9. The third-order valence-corrected chi connectivity index (χ3v) is 8.31. The fraction of sp³-hybridized carbons (Fsp3) is 0.278. The van der Waals surface area contributed by atoms with Crippen LogP contribution in [-0.2, 0) is 11.8 Å². The molecule has 4 aromatic rings. The van der Waals surface area contributed by atoms with Gasteiger partial charge in [0.15, 0.2) is 0 Å². The van der Waals surface area contributed by atoms with Gasteiger partial charge in [0.25, 0.3) is 0 Å². The summed E-state index contributed by atoms with van der Waals surface area (Å²) in [6.07, 6.45) is 3.57. The summed E-state index contributed by atoms with van der Waals surface area (Å²) in [5, 5.41) is 2.73. The van der Waals surface area contributed by atoms with E-state index in [0.29, 0.717) is 11.8 Å². The van der Waals surface area contributed by atoms with Crippen LogP contribution < -0.4 is 0 Å². The van der Waals surface area contributed by atoms with Gasteiger partial charge in [-0.2, -0.15) is 0 Å². The van der Waals surface area contributed by atoms with Gasteiger partial charge in [-0.05, 0) is 80.0 Å². The third kappa shape index (κ3) is 3.58. The first kappa shape index (κ1) is 23.0. The van der Waals surface area contributed by atoms with Gasteiger partial charge >= 0.3 is 0 Å². The summed E-state index contributed by atoms with van der Waals surface area (Å²) >= 11 is 0. The van der Waals surface area contributed by atoms with E-state index in [2.05, 4.69) is 126 Å². The molecule has 180 valence electrons. The van der Waals surface area contributed by atoms with Crippen molar-refractivity contribution in [1.29, 1.82) is 0 Å². The van der Waals surface area contributed by atoms with Gasteiger partial charge in [-0.15, -0.1) is 0 Å². The van der Waals surface area contributed by atoms with Crippen molar-refractivity contribution < 1.29 is 0 Å². The molecule has 0 amide bonds. The van der Waals surface area contributed by atoms with Crippen molar-refractivity contribution in [2.75, 3.05) is 0 Å². The van der Waals surface area contributed by atoms with Crippen LogP contribution in [0.5, 0.6) is 0 Å². The zero-order chi connectivity index (χ0) is 25.2. The summed E-state index contributed by atoms with van der Waals surface area (Å²) in [5.74, 6) is 0.804. The molecule has 6 rings (SSSR count). The third-order valence-electron chi connectivity index (χ3n) is 8.31. The average molecular weight is 469 g/mol. The van der Waals surface area contributed by atoms with E-state index >= 15 is 0 Å². The highest BCUT2D eigenvalue weighted by Crippen LogP contribution is 2.54. The predicted octanol–water partition coefficient (Wildman–Crippen LogP) is 9.97. The molecule has 36 heavy (non-hydrogen) atoms. The lowest BCUT2D eigenvalue weighted by Crippen LogP contribution is -2.10. The smallest absolute Gasteiger partial charge is 0.0316 e. The van der Waals surface area contributed by atoms with Crippen LogP contribution in [0.15, 0.2) is 90.0 Å². The summed E-state index contributed by atoms with van der Waals surface area (Å²) in [6, 6.07) is 29.8. The van der Waals surface area contributed by atoms with Crippen LogP contribution in [-0.4, -0.2) is 0 Å². The van der Waals surface area contributed by atoms with Gasteiger partial charge in [-0.25, -0.2) is 0 Å². The van der Waals surface area contributed by atoms with Crippen LogP contribution >= 0.6 is 0 Å². The Morgan fingerprint density at radius 3 is 2.28 bits per heavy atom. The van der Waals surface area contributed by atoms with Crippen LogP contribution in [0.2, 0.25) is 0 Å². The van der Waals surface area contributed by atoms with E-state index in [4.69, 9.17) is 0 Å². The minimum Gasteiger partial charge on any atom is -0.0641 e. The Balaban J connectivity index is 1.53. The Morgan fingerprint density at radius 1 is 0.806 bits per heavy atom. The second-order valence-corrected chi connectivity index (χ2v) is 12.1. The molecule has 0 fully saturated rings. The summed E-state index contributed by atoms with van der Waals surface area (Å²) < 4.78 is 0. The van der Waals surface area contributed by atoms with E-state index in [0.717, 1.165) is 6.42 Å². The molecule has 2 aliphatic rings. The maximum absolute atomic E-state index is 2.51. The van der Waals surface area contributed by atoms with Crippen molar-refractivity contribution in [3.05, 3.63) is 118 Å². The lowest BCUT2D eigenvalue weighted by atomic mass is 9.79. The minimum absolute atomic E-state index is 0.162. The van der Waals surface area contributed by atoms with Gasteiger partial charge in [0.2, 0.25) is 0 Å². The Morgan fingerprint density at radius 2 is 1.56 bits per heavy atom. The molecule has 0 aromatic heterocycles. The van der Waals surface area contributed by atoms with Crippen LogP contribution in [0, 0.1) is 5.92 Å². The molecule has 0 saturated carbocycles. The summed E-state index contributed by atoms with van der Waals surface area (Å²) in [7, 11) is 0. The molecule has 4 aromatic carbocycles. The molecule has 0 heteroatoms. The number of rotatable bonds is 3. The first-order chi connectivity index (χ1) is 17.2. The van der Waals surface area contributed by atoms with Crippen molar-refractivity contribution in [2.24, 2.45) is 5.92 Å². The van der Waals surface area contributed by atoms with E-state index in [1.807, 2.05) is 0 Å². The van der Waals surface area contributed by atoms with Crippen molar-refractivity contribution in [2.45, 2.75) is 59.3 Å². The van der Waals surface area contributed by atoms with E-state index in [9.17, 15) is 0 Å². The second-order valence-electron chi connectivity index (χ2n) is 12.1.